The SMILES string of the molecule is Cn1cc(CN2CCC(n3cnc4ncc(-c5cccnc5)nc43)CC2)cn1.O=C(O)C(F)(F)F.O=C(O)C(F)(F)F. The number of halogens is 6. The first-order valence-electron chi connectivity index (χ1n) is 12.0. The zero-order valence-corrected chi connectivity index (χ0v) is 21.8. The number of aryl methyl sites for hydroxylation is 1. The number of aromatic nitrogens is 7. The van der Waals surface area contributed by atoms with Crippen molar-refractivity contribution in [2.45, 2.75) is 37.8 Å². The van der Waals surface area contributed by atoms with E-state index < -0.39 is 24.3 Å². The van der Waals surface area contributed by atoms with Crippen LogP contribution in [0.1, 0.15) is 24.4 Å². The molecular weight excluding hydrogens is 578 g/mol. The molecule has 1 fully saturated rings. The van der Waals surface area contributed by atoms with E-state index >= 15 is 0 Å². The monoisotopic (exact) mass is 602 g/mol. The fourth-order valence-corrected chi connectivity index (χ4v) is 3.90. The van der Waals surface area contributed by atoms with Gasteiger partial charge in [0.25, 0.3) is 0 Å². The van der Waals surface area contributed by atoms with Crippen LogP contribution in [0.4, 0.5) is 26.3 Å². The first-order chi connectivity index (χ1) is 19.6. The van der Waals surface area contributed by atoms with Gasteiger partial charge in [-0.1, -0.05) is 0 Å². The van der Waals surface area contributed by atoms with Gasteiger partial charge >= 0.3 is 24.3 Å². The summed E-state index contributed by atoms with van der Waals surface area (Å²) in [4.78, 5) is 38.3. The number of carboxylic acids is 2. The molecule has 5 heterocycles. The van der Waals surface area contributed by atoms with Gasteiger partial charge in [0.1, 0.15) is 0 Å². The lowest BCUT2D eigenvalue weighted by Gasteiger charge is -2.32. The quantitative estimate of drug-likeness (QED) is 0.331. The average molecular weight is 602 g/mol. The Labute approximate surface area is 233 Å². The summed E-state index contributed by atoms with van der Waals surface area (Å²) < 4.78 is 67.5. The highest BCUT2D eigenvalue weighted by Gasteiger charge is 2.38. The number of imidazole rings is 1. The molecule has 0 unspecified atom stereocenters. The molecule has 1 saturated heterocycles. The van der Waals surface area contributed by atoms with Gasteiger partial charge in [0.05, 0.1) is 24.4 Å². The second-order valence-corrected chi connectivity index (χ2v) is 8.93. The molecule has 4 aromatic rings. The molecule has 1 aliphatic rings. The van der Waals surface area contributed by atoms with E-state index in [1.807, 2.05) is 42.6 Å². The number of pyridine rings is 1. The lowest BCUT2D eigenvalue weighted by molar-refractivity contribution is -0.193. The largest absolute Gasteiger partial charge is 0.490 e. The number of carbonyl (C=O) groups is 2. The highest BCUT2D eigenvalue weighted by atomic mass is 19.4. The third kappa shape index (κ3) is 8.95. The number of carboxylic acid groups (broad SMARTS) is 2. The maximum absolute atomic E-state index is 10.6. The summed E-state index contributed by atoms with van der Waals surface area (Å²) in [6.07, 6.45) is 3.25. The minimum atomic E-state index is -5.08. The number of nitrogens with zero attached hydrogens (tertiary/aromatic N) is 8. The highest BCUT2D eigenvalue weighted by molar-refractivity contribution is 5.73. The summed E-state index contributed by atoms with van der Waals surface area (Å²) in [6.45, 7) is 3.06. The summed E-state index contributed by atoms with van der Waals surface area (Å²) in [6, 6.07) is 4.31. The van der Waals surface area contributed by atoms with E-state index in [9.17, 15) is 26.3 Å². The second-order valence-electron chi connectivity index (χ2n) is 8.93. The fraction of sp³-hybridized carbons (Fsp3) is 0.375. The molecule has 12 nitrogen and oxygen atoms in total. The van der Waals surface area contributed by atoms with E-state index in [0.717, 1.165) is 49.4 Å². The molecule has 0 radical (unpaired) electrons. The number of alkyl halides is 6. The predicted octanol–water partition coefficient (Wildman–Crippen LogP) is 3.73. The lowest BCUT2D eigenvalue weighted by atomic mass is 10.0. The highest BCUT2D eigenvalue weighted by Crippen LogP contribution is 2.27. The van der Waals surface area contributed by atoms with Crippen LogP contribution in [0, 0.1) is 0 Å². The topological polar surface area (TPSA) is 152 Å². The van der Waals surface area contributed by atoms with Crippen LogP contribution in [-0.2, 0) is 23.2 Å². The number of fused-ring (bicyclic) bond motifs is 1. The fourth-order valence-electron chi connectivity index (χ4n) is 3.90. The van der Waals surface area contributed by atoms with E-state index in [4.69, 9.17) is 24.8 Å². The number of likely N-dealkylation sites (tertiary alicyclic amines) is 1. The molecule has 42 heavy (non-hydrogen) atoms. The van der Waals surface area contributed by atoms with Crippen molar-refractivity contribution in [3.05, 3.63) is 55.0 Å². The van der Waals surface area contributed by atoms with E-state index in [2.05, 4.69) is 35.7 Å². The Kier molecular flexibility index (Phi) is 10.2. The minimum Gasteiger partial charge on any atom is -0.475 e. The smallest absolute Gasteiger partial charge is 0.475 e. The van der Waals surface area contributed by atoms with Gasteiger partial charge in [0.2, 0.25) is 0 Å². The van der Waals surface area contributed by atoms with E-state index in [1.54, 1.807) is 12.4 Å². The second kappa shape index (κ2) is 13.4. The average Bonchev–Trinajstić information content (AvgIpc) is 3.54. The van der Waals surface area contributed by atoms with Gasteiger partial charge in [-0.25, -0.2) is 24.5 Å². The number of piperidine rings is 1. The normalized spacial score (nSPS) is 14.5. The van der Waals surface area contributed by atoms with Gasteiger partial charge in [-0.05, 0) is 25.0 Å². The van der Waals surface area contributed by atoms with Crippen LogP contribution in [0.5, 0.6) is 0 Å². The Bertz CT molecular complexity index is 1460. The van der Waals surface area contributed by atoms with Crippen molar-refractivity contribution < 1.29 is 46.1 Å². The molecule has 1 aliphatic heterocycles. The number of rotatable bonds is 4. The van der Waals surface area contributed by atoms with E-state index in [1.165, 1.54) is 5.56 Å². The Morgan fingerprint density at radius 1 is 0.976 bits per heavy atom. The van der Waals surface area contributed by atoms with Gasteiger partial charge in [-0.15, -0.1) is 0 Å². The number of hydrogen-bond acceptors (Lipinski definition) is 8. The van der Waals surface area contributed by atoms with Crippen LogP contribution >= 0.6 is 0 Å². The standard InChI is InChI=1S/C20H22N8.2C2HF3O2/c1-26-12-15(9-24-26)13-27-7-4-17(5-8-27)28-14-23-19-20(28)25-18(11-22-19)16-3-2-6-21-10-16;2*3-2(4,5)1(6)7/h2-3,6,9-12,14,17H,4-5,7-8,13H2,1H3;2*(H,6,7). The summed E-state index contributed by atoms with van der Waals surface area (Å²) in [5.41, 5.74) is 4.62. The molecule has 0 atom stereocenters. The minimum absolute atomic E-state index is 0.397. The van der Waals surface area contributed by atoms with Crippen LogP contribution in [0.25, 0.3) is 22.6 Å². The molecule has 4 aromatic heterocycles. The van der Waals surface area contributed by atoms with Gasteiger partial charge in [-0.2, -0.15) is 31.4 Å². The van der Waals surface area contributed by atoms with Crippen molar-refractivity contribution in [1.29, 1.82) is 0 Å². The van der Waals surface area contributed by atoms with Gasteiger partial charge in [0.15, 0.2) is 11.3 Å². The Hall–Kier alpha value is -4.61. The molecule has 0 aromatic carbocycles. The van der Waals surface area contributed by atoms with Crippen LogP contribution in [-0.4, -0.2) is 86.8 Å². The molecule has 0 aliphatic carbocycles. The van der Waals surface area contributed by atoms with Crippen molar-refractivity contribution in [2.75, 3.05) is 13.1 Å². The zero-order chi connectivity index (χ0) is 31.1. The van der Waals surface area contributed by atoms with Crippen LogP contribution in [0.2, 0.25) is 0 Å². The van der Waals surface area contributed by atoms with Crippen LogP contribution < -0.4 is 0 Å². The van der Waals surface area contributed by atoms with Crippen LogP contribution in [0.3, 0.4) is 0 Å². The van der Waals surface area contributed by atoms with Crippen molar-refractivity contribution in [1.82, 2.24) is 39.2 Å². The molecule has 0 bridgehead atoms. The molecule has 2 N–H and O–H groups in total. The zero-order valence-electron chi connectivity index (χ0n) is 21.8. The van der Waals surface area contributed by atoms with E-state index in [0.29, 0.717) is 11.7 Å². The van der Waals surface area contributed by atoms with Crippen molar-refractivity contribution in [2.24, 2.45) is 7.05 Å². The Morgan fingerprint density at radius 2 is 1.60 bits per heavy atom. The maximum Gasteiger partial charge on any atom is 0.490 e. The summed E-state index contributed by atoms with van der Waals surface area (Å²) in [5, 5.41) is 18.5. The first kappa shape index (κ1) is 31.9. The summed E-state index contributed by atoms with van der Waals surface area (Å²) >= 11 is 0. The molecule has 0 amide bonds. The number of hydrogen-bond donors (Lipinski definition) is 2. The Balaban J connectivity index is 0.000000289. The lowest BCUT2D eigenvalue weighted by Crippen LogP contribution is -2.34. The molecule has 18 heteroatoms. The summed E-state index contributed by atoms with van der Waals surface area (Å²) in [7, 11) is 1.96. The maximum atomic E-state index is 10.6. The third-order valence-corrected chi connectivity index (χ3v) is 5.84. The van der Waals surface area contributed by atoms with Crippen molar-refractivity contribution in [3.63, 3.8) is 0 Å². The van der Waals surface area contributed by atoms with Gasteiger partial charge < -0.3 is 14.8 Å². The molecule has 5 rings (SSSR count). The van der Waals surface area contributed by atoms with Crippen molar-refractivity contribution in [3.8, 4) is 11.3 Å². The summed E-state index contributed by atoms with van der Waals surface area (Å²) in [5.74, 6) is -5.51. The first-order valence-corrected chi connectivity index (χ1v) is 12.0. The van der Waals surface area contributed by atoms with Crippen molar-refractivity contribution >= 4 is 23.2 Å². The van der Waals surface area contributed by atoms with Gasteiger partial charge in [-0.3, -0.25) is 14.6 Å². The van der Waals surface area contributed by atoms with E-state index in [-0.39, 0.29) is 0 Å². The number of aliphatic carboxylic acids is 2. The van der Waals surface area contributed by atoms with Crippen LogP contribution in [0.15, 0.2) is 49.4 Å². The predicted molar refractivity (Wildman–Crippen MR) is 133 cm³/mol. The molecular formula is C24H24F6N8O4. The molecule has 226 valence electrons. The Morgan fingerprint density at radius 3 is 2.10 bits per heavy atom. The molecule has 0 saturated carbocycles. The molecule has 0 spiro atoms. The van der Waals surface area contributed by atoms with Gasteiger partial charge in [0, 0.05) is 62.4 Å². The third-order valence-electron chi connectivity index (χ3n) is 5.84.